The van der Waals surface area contributed by atoms with Gasteiger partial charge in [-0.3, -0.25) is 9.36 Å². The number of rotatable bonds is 8. The van der Waals surface area contributed by atoms with E-state index in [1.165, 1.54) is 25.1 Å². The first-order chi connectivity index (χ1) is 17.4. The molecular weight excluding hydrogens is 498 g/mol. The molecule has 0 aliphatic rings. The van der Waals surface area contributed by atoms with Gasteiger partial charge < -0.3 is 4.74 Å². The largest absolute Gasteiger partial charge is 0.465 e. The number of benzene rings is 3. The number of thioether (sulfide) groups is 1. The number of hydrogen-bond acceptors (Lipinski definition) is 7. The van der Waals surface area contributed by atoms with Gasteiger partial charge in [-0.1, -0.05) is 53.2 Å². The Morgan fingerprint density at radius 2 is 1.72 bits per heavy atom. The molecule has 4 aromatic rings. The van der Waals surface area contributed by atoms with Gasteiger partial charge in [0.15, 0.2) is 11.0 Å². The maximum Gasteiger partial charge on any atom is 0.337 e. The number of hydrazone groups is 1. The van der Waals surface area contributed by atoms with Crippen molar-refractivity contribution in [2.45, 2.75) is 12.1 Å². The van der Waals surface area contributed by atoms with Gasteiger partial charge in [-0.25, -0.2) is 10.2 Å². The SMILES string of the molecule is COC(=O)c1ccc(/C=N/NC(=O)CSc2nnc(-c3ccc(Cl)cc3)n2-c2ccc(C)cc2)cc1. The van der Waals surface area contributed by atoms with Crippen LogP contribution in [0.25, 0.3) is 17.1 Å². The molecule has 0 bridgehead atoms. The molecule has 0 aliphatic heterocycles. The number of aryl methyl sites for hydroxylation is 1. The number of hydrogen-bond donors (Lipinski definition) is 1. The van der Waals surface area contributed by atoms with Crippen LogP contribution in [0.3, 0.4) is 0 Å². The van der Waals surface area contributed by atoms with Crippen molar-refractivity contribution in [1.29, 1.82) is 0 Å². The summed E-state index contributed by atoms with van der Waals surface area (Å²) in [5, 5.41) is 13.9. The van der Waals surface area contributed by atoms with E-state index in [1.54, 1.807) is 36.4 Å². The average molecular weight is 520 g/mol. The minimum absolute atomic E-state index is 0.0865. The highest BCUT2D eigenvalue weighted by Crippen LogP contribution is 2.28. The first-order valence-corrected chi connectivity index (χ1v) is 12.2. The molecule has 36 heavy (non-hydrogen) atoms. The van der Waals surface area contributed by atoms with E-state index in [-0.39, 0.29) is 11.7 Å². The van der Waals surface area contributed by atoms with Crippen LogP contribution >= 0.6 is 23.4 Å². The molecule has 1 heterocycles. The Balaban J connectivity index is 1.45. The third kappa shape index (κ3) is 6.18. The number of nitrogens with one attached hydrogen (secondary N) is 1. The van der Waals surface area contributed by atoms with Crippen molar-refractivity contribution < 1.29 is 14.3 Å². The van der Waals surface area contributed by atoms with Crippen LogP contribution in [0.2, 0.25) is 5.02 Å². The van der Waals surface area contributed by atoms with E-state index in [2.05, 4.69) is 25.5 Å². The Hall–Kier alpha value is -3.95. The third-order valence-corrected chi connectivity index (χ3v) is 6.28. The lowest BCUT2D eigenvalue weighted by Crippen LogP contribution is -2.20. The smallest absolute Gasteiger partial charge is 0.337 e. The summed E-state index contributed by atoms with van der Waals surface area (Å²) in [5.74, 6) is 0.0192. The lowest BCUT2D eigenvalue weighted by Gasteiger charge is -2.10. The molecule has 1 N–H and O–H groups in total. The number of ether oxygens (including phenoxy) is 1. The predicted octanol–water partition coefficient (Wildman–Crippen LogP) is 4.93. The fraction of sp³-hybridized carbons (Fsp3) is 0.115. The van der Waals surface area contributed by atoms with Gasteiger partial charge in [0.05, 0.1) is 24.6 Å². The molecular formula is C26H22ClN5O3S. The first kappa shape index (κ1) is 25.2. The number of carbonyl (C=O) groups is 2. The number of carbonyl (C=O) groups excluding carboxylic acids is 2. The molecule has 0 unspecified atom stereocenters. The molecule has 0 aliphatic carbocycles. The molecule has 0 saturated heterocycles. The van der Waals surface area contributed by atoms with Crippen molar-refractivity contribution in [1.82, 2.24) is 20.2 Å². The second-order valence-electron chi connectivity index (χ2n) is 7.68. The van der Waals surface area contributed by atoms with Crippen molar-refractivity contribution in [2.75, 3.05) is 12.9 Å². The van der Waals surface area contributed by atoms with Crippen LogP contribution < -0.4 is 5.43 Å². The number of nitrogens with zero attached hydrogens (tertiary/aromatic N) is 4. The standard InChI is InChI=1S/C26H22ClN5O3S/c1-17-3-13-22(14-4-17)32-24(19-9-11-21(27)12-10-19)30-31-26(32)36-16-23(33)29-28-15-18-5-7-20(8-6-18)25(34)35-2/h3-15H,16H2,1-2H3,(H,29,33)/b28-15+. The molecule has 0 radical (unpaired) electrons. The minimum Gasteiger partial charge on any atom is -0.465 e. The van der Waals surface area contributed by atoms with Crippen LogP contribution in [0.5, 0.6) is 0 Å². The molecule has 0 spiro atoms. The summed E-state index contributed by atoms with van der Waals surface area (Å²) in [6.45, 7) is 2.02. The summed E-state index contributed by atoms with van der Waals surface area (Å²) in [6, 6.07) is 22.0. The Labute approximate surface area is 217 Å². The van der Waals surface area contributed by atoms with Gasteiger partial charge in [-0.05, 0) is 61.0 Å². The van der Waals surface area contributed by atoms with Crippen LogP contribution in [0.15, 0.2) is 83.1 Å². The van der Waals surface area contributed by atoms with Gasteiger partial charge >= 0.3 is 5.97 Å². The maximum absolute atomic E-state index is 12.4. The molecule has 1 amide bonds. The number of esters is 1. The molecule has 0 atom stereocenters. The molecule has 182 valence electrons. The monoisotopic (exact) mass is 519 g/mol. The summed E-state index contributed by atoms with van der Waals surface area (Å²) in [6.07, 6.45) is 1.50. The predicted molar refractivity (Wildman–Crippen MR) is 141 cm³/mol. The van der Waals surface area contributed by atoms with Crippen LogP contribution in [0.4, 0.5) is 0 Å². The van der Waals surface area contributed by atoms with E-state index in [9.17, 15) is 9.59 Å². The van der Waals surface area contributed by atoms with Gasteiger partial charge in [-0.15, -0.1) is 10.2 Å². The van der Waals surface area contributed by atoms with Gasteiger partial charge in [0.1, 0.15) is 0 Å². The summed E-state index contributed by atoms with van der Waals surface area (Å²) in [4.78, 5) is 23.9. The normalized spacial score (nSPS) is 11.0. The summed E-state index contributed by atoms with van der Waals surface area (Å²) in [7, 11) is 1.33. The van der Waals surface area contributed by atoms with Crippen LogP contribution in [0, 0.1) is 6.92 Å². The molecule has 0 saturated carbocycles. The van der Waals surface area contributed by atoms with Gasteiger partial charge in [-0.2, -0.15) is 5.10 Å². The van der Waals surface area contributed by atoms with Crippen molar-refractivity contribution in [3.8, 4) is 17.1 Å². The van der Waals surface area contributed by atoms with E-state index in [4.69, 9.17) is 11.6 Å². The Morgan fingerprint density at radius 1 is 1.03 bits per heavy atom. The molecule has 10 heteroatoms. The number of methoxy groups -OCH3 is 1. The number of amides is 1. The van der Waals surface area contributed by atoms with Crippen LogP contribution in [-0.2, 0) is 9.53 Å². The van der Waals surface area contributed by atoms with Crippen molar-refractivity contribution in [2.24, 2.45) is 5.10 Å². The van der Waals surface area contributed by atoms with Gasteiger partial charge in [0.2, 0.25) is 0 Å². The van der Waals surface area contributed by atoms with E-state index in [0.29, 0.717) is 21.6 Å². The average Bonchev–Trinajstić information content (AvgIpc) is 3.32. The third-order valence-electron chi connectivity index (χ3n) is 5.09. The first-order valence-electron chi connectivity index (χ1n) is 10.9. The second kappa shape index (κ2) is 11.7. The molecule has 8 nitrogen and oxygen atoms in total. The number of halogens is 1. The van der Waals surface area contributed by atoms with Crippen molar-refractivity contribution >= 4 is 41.5 Å². The lowest BCUT2D eigenvalue weighted by molar-refractivity contribution is -0.118. The summed E-state index contributed by atoms with van der Waals surface area (Å²) in [5.41, 5.74) is 6.53. The highest BCUT2D eigenvalue weighted by Gasteiger charge is 2.17. The zero-order chi connectivity index (χ0) is 25.5. The van der Waals surface area contributed by atoms with Crippen LogP contribution in [0.1, 0.15) is 21.5 Å². The topological polar surface area (TPSA) is 98.5 Å². The zero-order valence-electron chi connectivity index (χ0n) is 19.5. The van der Waals surface area contributed by atoms with E-state index in [0.717, 1.165) is 22.4 Å². The Bertz CT molecular complexity index is 1380. The second-order valence-corrected chi connectivity index (χ2v) is 9.06. The lowest BCUT2D eigenvalue weighted by atomic mass is 10.1. The molecule has 4 rings (SSSR count). The van der Waals surface area contributed by atoms with Gasteiger partial charge in [0, 0.05) is 16.3 Å². The maximum atomic E-state index is 12.4. The minimum atomic E-state index is -0.415. The van der Waals surface area contributed by atoms with E-state index < -0.39 is 5.97 Å². The number of aromatic nitrogens is 3. The Morgan fingerprint density at radius 3 is 2.39 bits per heavy atom. The fourth-order valence-electron chi connectivity index (χ4n) is 3.24. The van der Waals surface area contributed by atoms with Crippen molar-refractivity contribution in [3.05, 3.63) is 94.5 Å². The fourth-order valence-corrected chi connectivity index (χ4v) is 4.11. The molecule has 0 fully saturated rings. The quantitative estimate of drug-likeness (QED) is 0.153. The van der Waals surface area contributed by atoms with Crippen molar-refractivity contribution in [3.63, 3.8) is 0 Å². The van der Waals surface area contributed by atoms with Gasteiger partial charge in [0.25, 0.3) is 5.91 Å². The highest BCUT2D eigenvalue weighted by atomic mass is 35.5. The van der Waals surface area contributed by atoms with E-state index >= 15 is 0 Å². The van der Waals surface area contributed by atoms with Crippen LogP contribution in [-0.4, -0.2) is 45.7 Å². The van der Waals surface area contributed by atoms with E-state index in [1.807, 2.05) is 47.9 Å². The summed E-state index contributed by atoms with van der Waals surface area (Å²) < 4.78 is 6.59. The molecule has 1 aromatic heterocycles. The zero-order valence-corrected chi connectivity index (χ0v) is 21.1. The summed E-state index contributed by atoms with van der Waals surface area (Å²) >= 11 is 7.30. The molecule has 3 aromatic carbocycles. The Kier molecular flexibility index (Phi) is 8.14. The highest BCUT2D eigenvalue weighted by molar-refractivity contribution is 7.99.